The topological polar surface area (TPSA) is 6.48 Å². The Bertz CT molecular complexity index is 401. The molecule has 3 rings (SSSR count). The number of piperazine rings is 1. The van der Waals surface area contributed by atoms with E-state index in [9.17, 15) is 0 Å². The first-order valence-corrected chi connectivity index (χ1v) is 8.28. The number of rotatable bonds is 3. The normalized spacial score (nSPS) is 24.6. The molecule has 1 aromatic carbocycles. The molecule has 0 radical (unpaired) electrons. The van der Waals surface area contributed by atoms with Crippen molar-refractivity contribution in [2.75, 3.05) is 26.2 Å². The van der Waals surface area contributed by atoms with Crippen LogP contribution >= 0.6 is 0 Å². The molecule has 0 aromatic heterocycles. The molecule has 0 atom stereocenters. The van der Waals surface area contributed by atoms with Crippen LogP contribution in [0.4, 0.5) is 0 Å². The summed E-state index contributed by atoms with van der Waals surface area (Å²) in [5.74, 6) is 0. The van der Waals surface area contributed by atoms with Crippen LogP contribution in [0.1, 0.15) is 44.6 Å². The monoisotopic (exact) mass is 272 g/mol. The van der Waals surface area contributed by atoms with E-state index in [0.29, 0.717) is 5.54 Å². The highest BCUT2D eigenvalue weighted by molar-refractivity contribution is 5.14. The summed E-state index contributed by atoms with van der Waals surface area (Å²) in [4.78, 5) is 5.38. The van der Waals surface area contributed by atoms with E-state index in [2.05, 4.69) is 47.1 Å². The molecule has 1 saturated carbocycles. The summed E-state index contributed by atoms with van der Waals surface area (Å²) in [6, 6.07) is 10.9. The third kappa shape index (κ3) is 3.24. The zero-order valence-corrected chi connectivity index (χ0v) is 12.9. The molecule has 2 heteroatoms. The first-order valence-electron chi connectivity index (χ1n) is 8.28. The summed E-state index contributed by atoms with van der Waals surface area (Å²) in [7, 11) is 0. The SMILES string of the molecule is CC1(N2CCN(Cc3ccccc3)CC2)CCCCC1. The van der Waals surface area contributed by atoms with Crippen LogP contribution in [-0.4, -0.2) is 41.5 Å². The van der Waals surface area contributed by atoms with Gasteiger partial charge in [0.05, 0.1) is 0 Å². The summed E-state index contributed by atoms with van der Waals surface area (Å²) >= 11 is 0. The minimum Gasteiger partial charge on any atom is -0.297 e. The maximum absolute atomic E-state index is 2.77. The maximum Gasteiger partial charge on any atom is 0.0234 e. The van der Waals surface area contributed by atoms with Gasteiger partial charge in [-0.2, -0.15) is 0 Å². The molecule has 0 bridgehead atoms. The molecule has 2 fully saturated rings. The zero-order valence-electron chi connectivity index (χ0n) is 12.9. The van der Waals surface area contributed by atoms with Gasteiger partial charge in [0.15, 0.2) is 0 Å². The van der Waals surface area contributed by atoms with Gasteiger partial charge in [-0.25, -0.2) is 0 Å². The second-order valence-corrected chi connectivity index (χ2v) is 6.81. The van der Waals surface area contributed by atoms with E-state index < -0.39 is 0 Å². The van der Waals surface area contributed by atoms with Crippen molar-refractivity contribution in [1.29, 1.82) is 0 Å². The quantitative estimate of drug-likeness (QED) is 0.830. The van der Waals surface area contributed by atoms with Crippen molar-refractivity contribution in [3.05, 3.63) is 35.9 Å². The standard InChI is InChI=1S/C18H28N2/c1-18(10-6-3-7-11-18)20-14-12-19(13-15-20)16-17-8-4-2-5-9-17/h2,4-5,8-9H,3,6-7,10-16H2,1H3. The molecule has 1 heterocycles. The third-order valence-electron chi connectivity index (χ3n) is 5.32. The number of benzene rings is 1. The first-order chi connectivity index (χ1) is 9.76. The van der Waals surface area contributed by atoms with Gasteiger partial charge in [0.2, 0.25) is 0 Å². The number of hydrogen-bond acceptors (Lipinski definition) is 2. The third-order valence-corrected chi connectivity index (χ3v) is 5.32. The van der Waals surface area contributed by atoms with E-state index in [1.807, 2.05) is 0 Å². The molecular weight excluding hydrogens is 244 g/mol. The Kier molecular flexibility index (Phi) is 4.42. The van der Waals surface area contributed by atoms with Crippen LogP contribution in [0, 0.1) is 0 Å². The van der Waals surface area contributed by atoms with Gasteiger partial charge in [-0.1, -0.05) is 49.6 Å². The Morgan fingerprint density at radius 2 is 1.55 bits per heavy atom. The van der Waals surface area contributed by atoms with E-state index in [4.69, 9.17) is 0 Å². The van der Waals surface area contributed by atoms with Crippen LogP contribution in [0.25, 0.3) is 0 Å². The van der Waals surface area contributed by atoms with Crippen LogP contribution in [0.5, 0.6) is 0 Å². The minimum absolute atomic E-state index is 0.497. The van der Waals surface area contributed by atoms with Crippen LogP contribution in [0.2, 0.25) is 0 Å². The molecular formula is C18H28N2. The molecule has 0 amide bonds. The lowest BCUT2D eigenvalue weighted by atomic mass is 9.81. The summed E-state index contributed by atoms with van der Waals surface area (Å²) in [6.07, 6.45) is 7.13. The Labute approximate surface area is 123 Å². The lowest BCUT2D eigenvalue weighted by Crippen LogP contribution is -2.56. The molecule has 2 nitrogen and oxygen atoms in total. The van der Waals surface area contributed by atoms with Crippen LogP contribution in [-0.2, 0) is 6.54 Å². The van der Waals surface area contributed by atoms with Gasteiger partial charge in [-0.15, -0.1) is 0 Å². The molecule has 0 N–H and O–H groups in total. The zero-order chi connectivity index (χ0) is 13.8. The molecule has 1 aromatic rings. The van der Waals surface area contributed by atoms with Crippen LogP contribution < -0.4 is 0 Å². The Morgan fingerprint density at radius 1 is 0.900 bits per heavy atom. The largest absolute Gasteiger partial charge is 0.297 e. The van der Waals surface area contributed by atoms with Crippen molar-refractivity contribution >= 4 is 0 Å². The predicted molar refractivity (Wildman–Crippen MR) is 84.8 cm³/mol. The highest BCUT2D eigenvalue weighted by Crippen LogP contribution is 2.33. The predicted octanol–water partition coefficient (Wildman–Crippen LogP) is 3.53. The lowest BCUT2D eigenvalue weighted by Gasteiger charge is -2.48. The second kappa shape index (κ2) is 6.28. The second-order valence-electron chi connectivity index (χ2n) is 6.81. The van der Waals surface area contributed by atoms with Crippen LogP contribution in [0.15, 0.2) is 30.3 Å². The van der Waals surface area contributed by atoms with E-state index >= 15 is 0 Å². The van der Waals surface area contributed by atoms with Gasteiger partial charge in [0.1, 0.15) is 0 Å². The molecule has 20 heavy (non-hydrogen) atoms. The van der Waals surface area contributed by atoms with Crippen molar-refractivity contribution in [3.8, 4) is 0 Å². The Hall–Kier alpha value is -0.860. The number of nitrogens with zero attached hydrogens (tertiary/aromatic N) is 2. The highest BCUT2D eigenvalue weighted by atomic mass is 15.3. The Balaban J connectivity index is 1.52. The van der Waals surface area contributed by atoms with Gasteiger partial charge in [0, 0.05) is 38.3 Å². The summed E-state index contributed by atoms with van der Waals surface area (Å²) < 4.78 is 0. The molecule has 2 aliphatic rings. The van der Waals surface area contributed by atoms with E-state index in [1.54, 1.807) is 0 Å². The summed E-state index contributed by atoms with van der Waals surface area (Å²) in [6.45, 7) is 8.58. The average molecular weight is 272 g/mol. The Morgan fingerprint density at radius 3 is 2.20 bits per heavy atom. The van der Waals surface area contributed by atoms with Gasteiger partial charge >= 0.3 is 0 Å². The smallest absolute Gasteiger partial charge is 0.0234 e. The summed E-state index contributed by atoms with van der Waals surface area (Å²) in [5.41, 5.74) is 1.95. The summed E-state index contributed by atoms with van der Waals surface area (Å²) in [5, 5.41) is 0. The fraction of sp³-hybridized carbons (Fsp3) is 0.667. The van der Waals surface area contributed by atoms with Crippen molar-refractivity contribution < 1.29 is 0 Å². The average Bonchev–Trinajstić information content (AvgIpc) is 2.50. The van der Waals surface area contributed by atoms with Crippen molar-refractivity contribution in [2.24, 2.45) is 0 Å². The van der Waals surface area contributed by atoms with Crippen molar-refractivity contribution in [2.45, 2.75) is 51.1 Å². The van der Waals surface area contributed by atoms with Gasteiger partial charge < -0.3 is 0 Å². The van der Waals surface area contributed by atoms with Gasteiger partial charge in [0.25, 0.3) is 0 Å². The molecule has 1 aliphatic heterocycles. The fourth-order valence-electron chi connectivity index (χ4n) is 3.92. The van der Waals surface area contributed by atoms with Gasteiger partial charge in [-0.3, -0.25) is 9.80 Å². The van der Waals surface area contributed by atoms with E-state index in [1.165, 1.54) is 63.8 Å². The molecule has 1 saturated heterocycles. The van der Waals surface area contributed by atoms with Crippen molar-refractivity contribution in [1.82, 2.24) is 9.80 Å². The van der Waals surface area contributed by atoms with Crippen LogP contribution in [0.3, 0.4) is 0 Å². The first kappa shape index (κ1) is 14.1. The van der Waals surface area contributed by atoms with E-state index in [0.717, 1.165) is 6.54 Å². The molecule has 110 valence electrons. The number of hydrogen-bond donors (Lipinski definition) is 0. The van der Waals surface area contributed by atoms with E-state index in [-0.39, 0.29) is 0 Å². The fourth-order valence-corrected chi connectivity index (χ4v) is 3.92. The maximum atomic E-state index is 2.77. The lowest BCUT2D eigenvalue weighted by molar-refractivity contribution is 0.0171. The molecule has 1 aliphatic carbocycles. The molecule has 0 spiro atoms. The van der Waals surface area contributed by atoms with Crippen molar-refractivity contribution in [3.63, 3.8) is 0 Å². The van der Waals surface area contributed by atoms with Gasteiger partial charge in [-0.05, 0) is 25.3 Å². The molecule has 0 unspecified atom stereocenters. The highest BCUT2D eigenvalue weighted by Gasteiger charge is 2.34. The minimum atomic E-state index is 0.497.